The van der Waals surface area contributed by atoms with Crippen molar-refractivity contribution in [2.75, 3.05) is 50.8 Å². The van der Waals surface area contributed by atoms with Crippen molar-refractivity contribution < 1.29 is 19.1 Å². The molecule has 2 aromatic heterocycles. The van der Waals surface area contributed by atoms with Crippen molar-refractivity contribution in [2.24, 2.45) is 5.92 Å². The van der Waals surface area contributed by atoms with Gasteiger partial charge in [0.05, 0.1) is 29.8 Å². The molecule has 11 nitrogen and oxygen atoms in total. The molecule has 0 bridgehead atoms. The quantitative estimate of drug-likeness (QED) is 0.332. The molecule has 1 unspecified atom stereocenters. The number of hydrogen-bond acceptors (Lipinski definition) is 7. The molecule has 1 atom stereocenters. The summed E-state index contributed by atoms with van der Waals surface area (Å²) in [5.41, 5.74) is 4.43. The Bertz CT molecular complexity index is 1560. The van der Waals surface area contributed by atoms with Crippen LogP contribution in [0.1, 0.15) is 44.0 Å². The highest BCUT2D eigenvalue weighted by Crippen LogP contribution is 2.29. The van der Waals surface area contributed by atoms with Crippen LogP contribution in [0.3, 0.4) is 0 Å². The van der Waals surface area contributed by atoms with Crippen molar-refractivity contribution in [3.05, 3.63) is 42.0 Å². The molecular weight excluding hydrogens is 522 g/mol. The molecule has 2 fully saturated rings. The Hall–Kier alpha value is -4.12. The fourth-order valence-corrected chi connectivity index (χ4v) is 5.53. The predicted molar refractivity (Wildman–Crippen MR) is 157 cm³/mol. The van der Waals surface area contributed by atoms with Gasteiger partial charge in [0.25, 0.3) is 5.91 Å². The second kappa shape index (κ2) is 11.0. The molecule has 0 radical (unpaired) electrons. The van der Waals surface area contributed by atoms with E-state index < -0.39 is 5.60 Å². The molecule has 41 heavy (non-hydrogen) atoms. The molecule has 2 amide bonds. The van der Waals surface area contributed by atoms with E-state index in [0.717, 1.165) is 66.8 Å². The Morgan fingerprint density at radius 1 is 1.10 bits per heavy atom. The fourth-order valence-electron chi connectivity index (χ4n) is 5.53. The Labute approximate surface area is 238 Å². The minimum atomic E-state index is -0.531. The van der Waals surface area contributed by atoms with E-state index in [4.69, 9.17) is 14.5 Å². The summed E-state index contributed by atoms with van der Waals surface area (Å²) in [5, 5.41) is 11.5. The zero-order chi connectivity index (χ0) is 28.6. The van der Waals surface area contributed by atoms with Gasteiger partial charge in [-0.3, -0.25) is 9.89 Å². The SMILES string of the molecule is CC(C)(C)OC(=O)N1CCCC(CNC(=O)c2ccc3[nH]nc(-c4nc5ccc(N6CCOCC6)cc5[nH]4)c3c2)C1. The van der Waals surface area contributed by atoms with Crippen LogP contribution in [0.2, 0.25) is 0 Å². The number of hydrogen-bond donors (Lipinski definition) is 3. The average Bonchev–Trinajstić information content (AvgIpc) is 3.59. The summed E-state index contributed by atoms with van der Waals surface area (Å²) in [6.45, 7) is 10.5. The third kappa shape index (κ3) is 6.00. The first-order valence-corrected chi connectivity index (χ1v) is 14.3. The monoisotopic (exact) mass is 559 g/mol. The van der Waals surface area contributed by atoms with Crippen molar-refractivity contribution in [3.63, 3.8) is 0 Å². The van der Waals surface area contributed by atoms with Gasteiger partial charge in [0.15, 0.2) is 5.82 Å². The molecule has 0 spiro atoms. The first-order chi connectivity index (χ1) is 19.7. The minimum absolute atomic E-state index is 0.159. The van der Waals surface area contributed by atoms with Gasteiger partial charge in [-0.25, -0.2) is 9.78 Å². The van der Waals surface area contributed by atoms with Crippen LogP contribution in [-0.2, 0) is 9.47 Å². The third-order valence-corrected chi connectivity index (χ3v) is 7.61. The van der Waals surface area contributed by atoms with E-state index >= 15 is 0 Å². The molecule has 2 aliphatic heterocycles. The van der Waals surface area contributed by atoms with Gasteiger partial charge in [0.2, 0.25) is 0 Å². The highest BCUT2D eigenvalue weighted by atomic mass is 16.6. The van der Waals surface area contributed by atoms with Crippen molar-refractivity contribution in [3.8, 4) is 11.5 Å². The lowest BCUT2D eigenvalue weighted by Crippen LogP contribution is -2.45. The third-order valence-electron chi connectivity index (χ3n) is 7.61. The number of carbonyl (C=O) groups excluding carboxylic acids is 2. The van der Waals surface area contributed by atoms with E-state index in [0.29, 0.717) is 36.7 Å². The molecular formula is C30H37N7O4. The van der Waals surface area contributed by atoms with Crippen LogP contribution in [0, 0.1) is 5.92 Å². The van der Waals surface area contributed by atoms with Crippen LogP contribution < -0.4 is 10.2 Å². The standard InChI is InChI=1S/C30H37N7O4/c1-30(2,3)41-29(39)37-10-4-5-19(18-37)17-31-28(38)20-6-8-23-22(15-20)26(35-34-23)27-32-24-9-7-21(16-25(24)33-27)36-11-13-40-14-12-36/h6-9,15-16,19H,4-5,10-14,17-18H2,1-3H3,(H,31,38)(H,32,33)(H,34,35). The first-order valence-electron chi connectivity index (χ1n) is 14.3. The Morgan fingerprint density at radius 3 is 2.73 bits per heavy atom. The second-order valence-corrected chi connectivity index (χ2v) is 11.9. The van der Waals surface area contributed by atoms with E-state index in [1.807, 2.05) is 39.0 Å². The zero-order valence-electron chi connectivity index (χ0n) is 23.8. The van der Waals surface area contributed by atoms with Crippen LogP contribution >= 0.6 is 0 Å². The number of nitrogens with zero attached hydrogens (tertiary/aromatic N) is 4. The molecule has 11 heteroatoms. The lowest BCUT2D eigenvalue weighted by molar-refractivity contribution is 0.0167. The number of aromatic amines is 2. The van der Waals surface area contributed by atoms with Crippen LogP contribution in [0.5, 0.6) is 0 Å². The normalized spacial score (nSPS) is 18.2. The number of carbonyl (C=O) groups is 2. The molecule has 2 aliphatic rings. The molecule has 4 heterocycles. The maximum Gasteiger partial charge on any atom is 0.410 e. The van der Waals surface area contributed by atoms with Crippen LogP contribution in [0.15, 0.2) is 36.4 Å². The van der Waals surface area contributed by atoms with Crippen molar-refractivity contribution in [2.45, 2.75) is 39.2 Å². The maximum atomic E-state index is 13.1. The number of anilines is 1. The first kappa shape index (κ1) is 27.1. The number of nitrogens with one attached hydrogen (secondary N) is 3. The summed E-state index contributed by atoms with van der Waals surface area (Å²) in [7, 11) is 0. The smallest absolute Gasteiger partial charge is 0.410 e. The van der Waals surface area contributed by atoms with Gasteiger partial charge in [-0.05, 0) is 75.9 Å². The Kier molecular flexibility index (Phi) is 7.29. The number of imidazole rings is 1. The summed E-state index contributed by atoms with van der Waals surface area (Å²) >= 11 is 0. The van der Waals surface area contributed by atoms with Crippen LogP contribution in [-0.4, -0.2) is 88.6 Å². The highest BCUT2D eigenvalue weighted by molar-refractivity contribution is 6.01. The van der Waals surface area contributed by atoms with Gasteiger partial charge in [0, 0.05) is 49.4 Å². The summed E-state index contributed by atoms with van der Waals surface area (Å²) < 4.78 is 11.0. The molecule has 216 valence electrons. The number of benzene rings is 2. The van der Waals surface area contributed by atoms with Gasteiger partial charge in [-0.15, -0.1) is 0 Å². The number of amides is 2. The van der Waals surface area contributed by atoms with Gasteiger partial charge in [-0.1, -0.05) is 0 Å². The molecule has 6 rings (SSSR count). The van der Waals surface area contributed by atoms with E-state index in [1.165, 1.54) is 0 Å². The summed E-state index contributed by atoms with van der Waals surface area (Å²) in [6.07, 6.45) is 1.54. The zero-order valence-corrected chi connectivity index (χ0v) is 23.8. The summed E-state index contributed by atoms with van der Waals surface area (Å²) in [5.74, 6) is 0.659. The number of morpholine rings is 1. The van der Waals surface area contributed by atoms with E-state index in [2.05, 4.69) is 37.5 Å². The van der Waals surface area contributed by atoms with Gasteiger partial charge >= 0.3 is 6.09 Å². The van der Waals surface area contributed by atoms with E-state index in [9.17, 15) is 9.59 Å². The van der Waals surface area contributed by atoms with Gasteiger partial charge in [-0.2, -0.15) is 5.10 Å². The topological polar surface area (TPSA) is 128 Å². The maximum absolute atomic E-state index is 13.1. The van der Waals surface area contributed by atoms with E-state index in [1.54, 1.807) is 11.0 Å². The Morgan fingerprint density at radius 2 is 1.93 bits per heavy atom. The number of likely N-dealkylation sites (tertiary alicyclic amines) is 1. The van der Waals surface area contributed by atoms with Crippen LogP contribution in [0.4, 0.5) is 10.5 Å². The lowest BCUT2D eigenvalue weighted by Gasteiger charge is -2.34. The molecule has 2 saturated heterocycles. The number of piperidine rings is 1. The number of aromatic nitrogens is 4. The number of ether oxygens (including phenoxy) is 2. The second-order valence-electron chi connectivity index (χ2n) is 11.9. The number of H-pyrrole nitrogens is 2. The molecule has 2 aromatic carbocycles. The van der Waals surface area contributed by atoms with Crippen LogP contribution in [0.25, 0.3) is 33.5 Å². The molecule has 4 aromatic rings. The van der Waals surface area contributed by atoms with Gasteiger partial charge in [0.1, 0.15) is 11.3 Å². The van der Waals surface area contributed by atoms with Crippen molar-refractivity contribution in [1.82, 2.24) is 30.4 Å². The summed E-state index contributed by atoms with van der Waals surface area (Å²) in [4.78, 5) is 37.9. The average molecular weight is 560 g/mol. The van der Waals surface area contributed by atoms with Crippen molar-refractivity contribution in [1.29, 1.82) is 0 Å². The predicted octanol–water partition coefficient (Wildman–Crippen LogP) is 4.32. The minimum Gasteiger partial charge on any atom is -0.444 e. The van der Waals surface area contributed by atoms with Gasteiger partial charge < -0.3 is 29.6 Å². The fraction of sp³-hybridized carbons (Fsp3) is 0.467. The molecule has 0 aliphatic carbocycles. The Balaban J connectivity index is 1.15. The van der Waals surface area contributed by atoms with E-state index in [-0.39, 0.29) is 17.9 Å². The summed E-state index contributed by atoms with van der Waals surface area (Å²) in [6, 6.07) is 11.7. The number of rotatable bonds is 5. The van der Waals surface area contributed by atoms with Crippen molar-refractivity contribution >= 4 is 39.6 Å². The number of fused-ring (bicyclic) bond motifs is 2. The lowest BCUT2D eigenvalue weighted by atomic mass is 9.98. The molecule has 0 saturated carbocycles. The molecule has 3 N–H and O–H groups in total. The highest BCUT2D eigenvalue weighted by Gasteiger charge is 2.28. The largest absolute Gasteiger partial charge is 0.444 e.